The lowest BCUT2D eigenvalue weighted by molar-refractivity contribution is -0.131. The molecule has 108 valence electrons. The highest BCUT2D eigenvalue weighted by molar-refractivity contribution is 7.10. The summed E-state index contributed by atoms with van der Waals surface area (Å²) in [7, 11) is 0. The maximum Gasteiger partial charge on any atom is 0.325 e. The van der Waals surface area contributed by atoms with Crippen LogP contribution in [0.4, 0.5) is 4.79 Å². The van der Waals surface area contributed by atoms with Gasteiger partial charge in [0.05, 0.1) is 6.54 Å². The number of urea groups is 1. The van der Waals surface area contributed by atoms with E-state index in [0.717, 1.165) is 16.0 Å². The predicted molar refractivity (Wildman–Crippen MR) is 81.9 cm³/mol. The van der Waals surface area contributed by atoms with Crippen LogP contribution in [0, 0.1) is 6.92 Å². The standard InChI is InChI=1S/C16H16N2O2S/c1-11-6-3-4-7-12(11)10-18-14(19)16(2,17-15(18)20)13-8-5-9-21-13/h3-9H,10H2,1-2H3,(H,17,20). The molecule has 1 unspecified atom stereocenters. The Bertz CT molecular complexity index is 696. The first-order chi connectivity index (χ1) is 10.0. The third kappa shape index (κ3) is 2.23. The molecule has 1 N–H and O–H groups in total. The first-order valence-corrected chi connectivity index (χ1v) is 7.63. The van der Waals surface area contributed by atoms with E-state index in [0.29, 0.717) is 6.54 Å². The average molecular weight is 300 g/mol. The Hall–Kier alpha value is -2.14. The van der Waals surface area contributed by atoms with Crippen LogP contribution in [0.15, 0.2) is 41.8 Å². The van der Waals surface area contributed by atoms with Crippen molar-refractivity contribution in [2.75, 3.05) is 0 Å². The van der Waals surface area contributed by atoms with Gasteiger partial charge in [0.2, 0.25) is 0 Å². The third-order valence-electron chi connectivity index (χ3n) is 3.88. The summed E-state index contributed by atoms with van der Waals surface area (Å²) in [6.45, 7) is 4.04. The lowest BCUT2D eigenvalue weighted by atomic mass is 10.0. The topological polar surface area (TPSA) is 49.4 Å². The minimum atomic E-state index is -0.950. The Labute approximate surface area is 127 Å². The van der Waals surface area contributed by atoms with E-state index in [2.05, 4.69) is 5.32 Å². The number of thiophene rings is 1. The van der Waals surface area contributed by atoms with Crippen molar-refractivity contribution >= 4 is 23.3 Å². The number of hydrogen-bond donors (Lipinski definition) is 1. The van der Waals surface area contributed by atoms with Crippen molar-refractivity contribution < 1.29 is 9.59 Å². The summed E-state index contributed by atoms with van der Waals surface area (Å²) < 4.78 is 0. The zero-order valence-corrected chi connectivity index (χ0v) is 12.7. The molecule has 0 bridgehead atoms. The minimum absolute atomic E-state index is 0.196. The van der Waals surface area contributed by atoms with Gasteiger partial charge in [-0.2, -0.15) is 0 Å². The molecule has 1 atom stereocenters. The van der Waals surface area contributed by atoms with Gasteiger partial charge in [-0.1, -0.05) is 30.3 Å². The molecule has 1 aliphatic rings. The molecule has 4 nitrogen and oxygen atoms in total. The van der Waals surface area contributed by atoms with Crippen LogP contribution in [0.25, 0.3) is 0 Å². The second-order valence-corrected chi connectivity index (χ2v) is 6.30. The van der Waals surface area contributed by atoms with Gasteiger partial charge in [-0.25, -0.2) is 4.79 Å². The molecule has 2 aromatic rings. The van der Waals surface area contributed by atoms with Gasteiger partial charge < -0.3 is 5.32 Å². The molecular weight excluding hydrogens is 284 g/mol. The Kier molecular flexibility index (Phi) is 3.29. The lowest BCUT2D eigenvalue weighted by Crippen LogP contribution is -2.40. The molecule has 1 saturated heterocycles. The summed E-state index contributed by atoms with van der Waals surface area (Å²) in [5, 5.41) is 4.73. The van der Waals surface area contributed by atoms with Crippen molar-refractivity contribution in [2.45, 2.75) is 25.9 Å². The first-order valence-electron chi connectivity index (χ1n) is 6.75. The van der Waals surface area contributed by atoms with Gasteiger partial charge >= 0.3 is 6.03 Å². The molecule has 5 heteroatoms. The second-order valence-electron chi connectivity index (χ2n) is 5.35. The maximum atomic E-state index is 12.7. The Balaban J connectivity index is 1.90. The summed E-state index contributed by atoms with van der Waals surface area (Å²) >= 11 is 1.47. The van der Waals surface area contributed by atoms with Crippen molar-refractivity contribution in [1.29, 1.82) is 0 Å². The van der Waals surface area contributed by atoms with Gasteiger partial charge in [0.15, 0.2) is 5.54 Å². The van der Waals surface area contributed by atoms with Crippen LogP contribution in [-0.2, 0) is 16.9 Å². The van der Waals surface area contributed by atoms with E-state index in [1.807, 2.05) is 48.7 Å². The summed E-state index contributed by atoms with van der Waals surface area (Å²) in [6, 6.07) is 11.2. The van der Waals surface area contributed by atoms with Crippen LogP contribution in [-0.4, -0.2) is 16.8 Å². The number of hydrogen-bond acceptors (Lipinski definition) is 3. The highest BCUT2D eigenvalue weighted by atomic mass is 32.1. The van der Waals surface area contributed by atoms with E-state index in [1.165, 1.54) is 16.2 Å². The molecule has 1 aromatic carbocycles. The molecule has 3 amide bonds. The number of nitrogens with zero attached hydrogens (tertiary/aromatic N) is 1. The van der Waals surface area contributed by atoms with Crippen LogP contribution in [0.2, 0.25) is 0 Å². The van der Waals surface area contributed by atoms with Crippen molar-refractivity contribution in [3.8, 4) is 0 Å². The van der Waals surface area contributed by atoms with Crippen LogP contribution in [0.3, 0.4) is 0 Å². The van der Waals surface area contributed by atoms with Gasteiger partial charge in [-0.05, 0) is 36.4 Å². The predicted octanol–water partition coefficient (Wildman–Crippen LogP) is 3.02. The van der Waals surface area contributed by atoms with Crippen molar-refractivity contribution in [3.63, 3.8) is 0 Å². The molecule has 1 aromatic heterocycles. The fourth-order valence-corrected chi connectivity index (χ4v) is 3.36. The van der Waals surface area contributed by atoms with Crippen LogP contribution >= 0.6 is 11.3 Å². The highest BCUT2D eigenvalue weighted by Gasteiger charge is 2.49. The van der Waals surface area contributed by atoms with Gasteiger partial charge in [0, 0.05) is 4.88 Å². The summed E-state index contributed by atoms with van der Waals surface area (Å²) in [5.74, 6) is -0.196. The molecule has 0 aliphatic carbocycles. The zero-order chi connectivity index (χ0) is 15.0. The van der Waals surface area contributed by atoms with Gasteiger partial charge in [0.25, 0.3) is 5.91 Å². The molecule has 1 fully saturated rings. The summed E-state index contributed by atoms with van der Waals surface area (Å²) in [5.41, 5.74) is 1.10. The minimum Gasteiger partial charge on any atom is -0.319 e. The molecule has 3 rings (SSSR count). The lowest BCUT2D eigenvalue weighted by Gasteiger charge is -2.20. The monoisotopic (exact) mass is 300 g/mol. The van der Waals surface area contributed by atoms with Gasteiger partial charge in [0.1, 0.15) is 0 Å². The maximum absolute atomic E-state index is 12.7. The molecule has 2 heterocycles. The van der Waals surface area contributed by atoms with Gasteiger partial charge in [-0.3, -0.25) is 9.69 Å². The SMILES string of the molecule is Cc1ccccc1CN1C(=O)NC(C)(c2cccs2)C1=O. The normalized spacial score (nSPS) is 21.7. The van der Waals surface area contributed by atoms with E-state index < -0.39 is 5.54 Å². The average Bonchev–Trinajstić information content (AvgIpc) is 3.06. The quantitative estimate of drug-likeness (QED) is 0.886. The number of carbonyl (C=O) groups excluding carboxylic acids is 2. The summed E-state index contributed by atoms with van der Waals surface area (Å²) in [6.07, 6.45) is 0. The summed E-state index contributed by atoms with van der Waals surface area (Å²) in [4.78, 5) is 27.1. The molecule has 0 spiro atoms. The largest absolute Gasteiger partial charge is 0.325 e. The molecule has 1 aliphatic heterocycles. The van der Waals surface area contributed by atoms with E-state index in [1.54, 1.807) is 6.92 Å². The van der Waals surface area contributed by atoms with E-state index >= 15 is 0 Å². The first kappa shape index (κ1) is 13.8. The number of benzene rings is 1. The highest BCUT2D eigenvalue weighted by Crippen LogP contribution is 2.32. The smallest absolute Gasteiger partial charge is 0.319 e. The molecule has 0 saturated carbocycles. The van der Waals surface area contributed by atoms with Crippen molar-refractivity contribution in [1.82, 2.24) is 10.2 Å². The van der Waals surface area contributed by atoms with Crippen molar-refractivity contribution in [3.05, 3.63) is 57.8 Å². The number of aryl methyl sites for hydroxylation is 1. The fraction of sp³-hybridized carbons (Fsp3) is 0.250. The fourth-order valence-electron chi connectivity index (χ4n) is 2.53. The van der Waals surface area contributed by atoms with Gasteiger partial charge in [-0.15, -0.1) is 11.3 Å². The Morgan fingerprint density at radius 1 is 1.19 bits per heavy atom. The molecule has 21 heavy (non-hydrogen) atoms. The zero-order valence-electron chi connectivity index (χ0n) is 11.9. The number of rotatable bonds is 3. The van der Waals surface area contributed by atoms with Crippen LogP contribution < -0.4 is 5.32 Å². The van der Waals surface area contributed by atoms with E-state index in [4.69, 9.17) is 0 Å². The number of imide groups is 1. The van der Waals surface area contributed by atoms with E-state index in [9.17, 15) is 9.59 Å². The molecule has 0 radical (unpaired) electrons. The third-order valence-corrected chi connectivity index (χ3v) is 4.97. The Morgan fingerprint density at radius 3 is 2.62 bits per heavy atom. The Morgan fingerprint density at radius 2 is 1.95 bits per heavy atom. The number of carbonyl (C=O) groups is 2. The number of amides is 3. The van der Waals surface area contributed by atoms with Crippen molar-refractivity contribution in [2.24, 2.45) is 0 Å². The van der Waals surface area contributed by atoms with E-state index in [-0.39, 0.29) is 11.9 Å². The number of nitrogens with one attached hydrogen (secondary N) is 1. The second kappa shape index (κ2) is 5.00. The van der Waals surface area contributed by atoms with Crippen LogP contribution in [0.5, 0.6) is 0 Å². The molecular formula is C16H16N2O2S. The van der Waals surface area contributed by atoms with Crippen LogP contribution in [0.1, 0.15) is 22.9 Å².